The molecule has 1 aromatic rings. The van der Waals surface area contributed by atoms with E-state index in [1.54, 1.807) is 0 Å². The Balaban J connectivity index is 1.44. The minimum absolute atomic E-state index is 0.145. The van der Waals surface area contributed by atoms with Crippen LogP contribution in [0.5, 0.6) is 0 Å². The van der Waals surface area contributed by atoms with E-state index >= 15 is 0 Å². The van der Waals surface area contributed by atoms with Gasteiger partial charge >= 0.3 is 0 Å². The van der Waals surface area contributed by atoms with Gasteiger partial charge in [-0.2, -0.15) is 0 Å². The lowest BCUT2D eigenvalue weighted by molar-refractivity contribution is -0.123. The Morgan fingerprint density at radius 2 is 2.00 bits per heavy atom. The zero-order valence-electron chi connectivity index (χ0n) is 16.1. The van der Waals surface area contributed by atoms with Gasteiger partial charge in [-0.15, -0.1) is 0 Å². The molecule has 1 N–H and O–H groups in total. The first-order valence-corrected chi connectivity index (χ1v) is 10.1. The van der Waals surface area contributed by atoms with Crippen molar-refractivity contribution in [1.82, 2.24) is 15.1 Å². The molecule has 2 saturated heterocycles. The van der Waals surface area contributed by atoms with Crippen molar-refractivity contribution in [2.45, 2.75) is 45.2 Å². The van der Waals surface area contributed by atoms with Crippen molar-refractivity contribution in [3.63, 3.8) is 0 Å². The maximum absolute atomic E-state index is 12.5. The molecule has 2 heterocycles. The second-order valence-corrected chi connectivity index (χ2v) is 7.57. The van der Waals surface area contributed by atoms with Crippen molar-refractivity contribution in [1.29, 1.82) is 0 Å². The Bertz CT molecular complexity index is 572. The highest BCUT2D eigenvalue weighted by molar-refractivity contribution is 5.78. The Morgan fingerprint density at radius 1 is 1.19 bits per heavy atom. The molecule has 5 heteroatoms. The minimum Gasteiger partial charge on any atom is -0.379 e. The van der Waals surface area contributed by atoms with Gasteiger partial charge in [0.25, 0.3) is 0 Å². The third kappa shape index (κ3) is 5.79. The number of nitrogens with one attached hydrogen (secondary N) is 1. The average Bonchev–Trinajstić information content (AvgIpc) is 2.67. The first kappa shape index (κ1) is 19.3. The number of morpholine rings is 1. The van der Waals surface area contributed by atoms with Gasteiger partial charge in [-0.1, -0.05) is 30.7 Å². The summed E-state index contributed by atoms with van der Waals surface area (Å²) >= 11 is 0. The van der Waals surface area contributed by atoms with E-state index < -0.39 is 0 Å². The van der Waals surface area contributed by atoms with Crippen LogP contribution in [0.4, 0.5) is 0 Å². The average molecular weight is 360 g/mol. The maximum Gasteiger partial charge on any atom is 0.234 e. The summed E-state index contributed by atoms with van der Waals surface area (Å²) in [7, 11) is 0. The van der Waals surface area contributed by atoms with Gasteiger partial charge in [-0.05, 0) is 50.4 Å². The molecule has 1 amide bonds. The summed E-state index contributed by atoms with van der Waals surface area (Å²) in [6.07, 6.45) is 4.87. The molecule has 1 atom stereocenters. The van der Waals surface area contributed by atoms with Crippen molar-refractivity contribution in [3.05, 3.63) is 35.4 Å². The highest BCUT2D eigenvalue weighted by Crippen LogP contribution is 2.20. The van der Waals surface area contributed by atoms with Crippen molar-refractivity contribution in [2.75, 3.05) is 45.9 Å². The van der Waals surface area contributed by atoms with Crippen LogP contribution in [0.15, 0.2) is 24.3 Å². The Labute approximate surface area is 157 Å². The Hall–Kier alpha value is -1.43. The van der Waals surface area contributed by atoms with E-state index in [1.165, 1.54) is 30.4 Å². The molecule has 0 radical (unpaired) electrons. The lowest BCUT2D eigenvalue weighted by atomic mass is 9.99. The number of carbonyl (C=O) groups is 1. The number of rotatable bonds is 7. The zero-order chi connectivity index (χ0) is 18.2. The maximum atomic E-state index is 12.5. The molecule has 0 saturated carbocycles. The van der Waals surface area contributed by atoms with E-state index in [1.807, 2.05) is 12.1 Å². The largest absolute Gasteiger partial charge is 0.379 e. The van der Waals surface area contributed by atoms with Crippen molar-refractivity contribution in [3.8, 4) is 0 Å². The SMILES string of the molecule is Cc1ccccc1CNC(=O)CN1CCCCC1CCN1CCOCC1. The second kappa shape index (κ2) is 10.0. The van der Waals surface area contributed by atoms with Gasteiger partial charge in [0, 0.05) is 25.7 Å². The van der Waals surface area contributed by atoms with E-state index in [-0.39, 0.29) is 5.91 Å². The summed E-state index contributed by atoms with van der Waals surface area (Å²) in [6, 6.07) is 8.78. The molecule has 2 aliphatic heterocycles. The van der Waals surface area contributed by atoms with E-state index in [2.05, 4.69) is 34.2 Å². The van der Waals surface area contributed by atoms with Crippen LogP contribution in [0.3, 0.4) is 0 Å². The van der Waals surface area contributed by atoms with Crippen LogP contribution in [0.25, 0.3) is 0 Å². The third-order valence-electron chi connectivity index (χ3n) is 5.72. The number of piperidine rings is 1. The van der Waals surface area contributed by atoms with E-state index in [4.69, 9.17) is 4.74 Å². The highest BCUT2D eigenvalue weighted by atomic mass is 16.5. The molecule has 1 aromatic carbocycles. The van der Waals surface area contributed by atoms with Crippen LogP contribution in [0.2, 0.25) is 0 Å². The van der Waals surface area contributed by atoms with Crippen LogP contribution in [-0.2, 0) is 16.1 Å². The van der Waals surface area contributed by atoms with Crippen LogP contribution in [-0.4, -0.2) is 67.7 Å². The summed E-state index contributed by atoms with van der Waals surface area (Å²) in [6.45, 7) is 9.21. The fourth-order valence-corrected chi connectivity index (χ4v) is 3.99. The standard InChI is InChI=1S/C21H33N3O2/c1-18-6-2-3-7-19(18)16-22-21(25)17-24-10-5-4-8-20(24)9-11-23-12-14-26-15-13-23/h2-3,6-7,20H,4-5,8-17H2,1H3,(H,22,25). The minimum atomic E-state index is 0.145. The summed E-state index contributed by atoms with van der Waals surface area (Å²) < 4.78 is 5.43. The highest BCUT2D eigenvalue weighted by Gasteiger charge is 2.25. The molecule has 26 heavy (non-hydrogen) atoms. The lowest BCUT2D eigenvalue weighted by Gasteiger charge is -2.37. The number of hydrogen-bond donors (Lipinski definition) is 1. The Kier molecular flexibility index (Phi) is 7.47. The number of likely N-dealkylation sites (tertiary alicyclic amines) is 1. The fourth-order valence-electron chi connectivity index (χ4n) is 3.99. The summed E-state index contributed by atoms with van der Waals surface area (Å²) in [5, 5.41) is 3.11. The predicted molar refractivity (Wildman–Crippen MR) is 104 cm³/mol. The number of hydrogen-bond acceptors (Lipinski definition) is 4. The third-order valence-corrected chi connectivity index (χ3v) is 5.72. The van der Waals surface area contributed by atoms with Crippen LogP contribution in [0.1, 0.15) is 36.8 Å². The van der Waals surface area contributed by atoms with Crippen LogP contribution < -0.4 is 5.32 Å². The molecule has 144 valence electrons. The molecular weight excluding hydrogens is 326 g/mol. The smallest absolute Gasteiger partial charge is 0.234 e. The molecule has 3 rings (SSSR count). The number of nitrogens with zero attached hydrogens (tertiary/aromatic N) is 2. The topological polar surface area (TPSA) is 44.8 Å². The van der Waals surface area contributed by atoms with E-state index in [0.717, 1.165) is 45.8 Å². The quantitative estimate of drug-likeness (QED) is 0.811. The molecular formula is C21H33N3O2. The molecule has 0 spiro atoms. The molecule has 1 unspecified atom stereocenters. The molecule has 2 fully saturated rings. The van der Waals surface area contributed by atoms with Gasteiger partial charge in [0.15, 0.2) is 0 Å². The fraction of sp³-hybridized carbons (Fsp3) is 0.667. The molecule has 0 aliphatic carbocycles. The van der Waals surface area contributed by atoms with Crippen molar-refractivity contribution >= 4 is 5.91 Å². The predicted octanol–water partition coefficient (Wildman–Crippen LogP) is 2.19. The van der Waals surface area contributed by atoms with Gasteiger partial charge in [-0.25, -0.2) is 0 Å². The first-order chi connectivity index (χ1) is 12.7. The van der Waals surface area contributed by atoms with Gasteiger partial charge < -0.3 is 10.1 Å². The molecule has 2 aliphatic rings. The number of benzene rings is 1. The van der Waals surface area contributed by atoms with Gasteiger partial charge in [0.2, 0.25) is 5.91 Å². The lowest BCUT2D eigenvalue weighted by Crippen LogP contribution is -2.47. The zero-order valence-corrected chi connectivity index (χ0v) is 16.1. The van der Waals surface area contributed by atoms with Gasteiger partial charge in [0.05, 0.1) is 19.8 Å². The number of aryl methyl sites for hydroxylation is 1. The van der Waals surface area contributed by atoms with Gasteiger partial charge in [0.1, 0.15) is 0 Å². The monoisotopic (exact) mass is 359 g/mol. The van der Waals surface area contributed by atoms with Crippen LogP contribution in [0, 0.1) is 6.92 Å². The number of amides is 1. The molecule has 0 bridgehead atoms. The normalized spacial score (nSPS) is 22.3. The van der Waals surface area contributed by atoms with Crippen molar-refractivity contribution < 1.29 is 9.53 Å². The van der Waals surface area contributed by atoms with Crippen LogP contribution >= 0.6 is 0 Å². The van der Waals surface area contributed by atoms with E-state index in [9.17, 15) is 4.79 Å². The summed E-state index contributed by atoms with van der Waals surface area (Å²) in [5.74, 6) is 0.145. The van der Waals surface area contributed by atoms with Gasteiger partial charge in [-0.3, -0.25) is 14.6 Å². The molecule has 0 aromatic heterocycles. The number of ether oxygens (including phenoxy) is 1. The number of carbonyl (C=O) groups excluding carboxylic acids is 1. The van der Waals surface area contributed by atoms with E-state index in [0.29, 0.717) is 19.1 Å². The summed E-state index contributed by atoms with van der Waals surface area (Å²) in [5.41, 5.74) is 2.43. The van der Waals surface area contributed by atoms with Crippen molar-refractivity contribution in [2.24, 2.45) is 0 Å². The first-order valence-electron chi connectivity index (χ1n) is 10.1. The Morgan fingerprint density at radius 3 is 2.81 bits per heavy atom. The second-order valence-electron chi connectivity index (χ2n) is 7.57. The molecule has 5 nitrogen and oxygen atoms in total. The summed E-state index contributed by atoms with van der Waals surface area (Å²) in [4.78, 5) is 17.4.